The van der Waals surface area contributed by atoms with Crippen molar-refractivity contribution >= 4 is 5.91 Å². The number of nitrogens with one attached hydrogen (secondary N) is 1. The summed E-state index contributed by atoms with van der Waals surface area (Å²) < 4.78 is 5.29. The van der Waals surface area contributed by atoms with E-state index in [-0.39, 0.29) is 11.3 Å². The molecular formula is C11H18N2O2. The van der Waals surface area contributed by atoms with Gasteiger partial charge in [-0.1, -0.05) is 20.8 Å². The first-order chi connectivity index (χ1) is 6.89. The van der Waals surface area contributed by atoms with E-state index in [0.29, 0.717) is 18.9 Å². The average molecular weight is 210 g/mol. The van der Waals surface area contributed by atoms with E-state index in [1.807, 2.05) is 27.7 Å². The summed E-state index contributed by atoms with van der Waals surface area (Å²) in [5.74, 6) is 1.51. The smallest absolute Gasteiger partial charge is 0.225 e. The van der Waals surface area contributed by atoms with Crippen molar-refractivity contribution in [2.24, 2.45) is 5.41 Å². The number of hydrogen-bond acceptors (Lipinski definition) is 3. The van der Waals surface area contributed by atoms with E-state index in [0.717, 1.165) is 5.76 Å². The Morgan fingerprint density at radius 1 is 1.53 bits per heavy atom. The van der Waals surface area contributed by atoms with Gasteiger partial charge in [-0.05, 0) is 6.92 Å². The molecule has 0 unspecified atom stereocenters. The van der Waals surface area contributed by atoms with Crippen LogP contribution in [-0.4, -0.2) is 17.4 Å². The standard InChI is InChI=1S/C11H18N2O2/c1-8-7-13-9(15-8)5-6-12-10(14)11(2,3)4/h7H,5-6H2,1-4H3,(H,12,14). The zero-order valence-electron chi connectivity index (χ0n) is 9.76. The Morgan fingerprint density at radius 2 is 2.20 bits per heavy atom. The summed E-state index contributed by atoms with van der Waals surface area (Å²) in [5.41, 5.74) is -0.341. The largest absolute Gasteiger partial charge is 0.446 e. The molecule has 0 saturated carbocycles. The summed E-state index contributed by atoms with van der Waals surface area (Å²) in [6, 6.07) is 0. The zero-order valence-corrected chi connectivity index (χ0v) is 9.76. The van der Waals surface area contributed by atoms with E-state index >= 15 is 0 Å². The van der Waals surface area contributed by atoms with E-state index < -0.39 is 0 Å². The van der Waals surface area contributed by atoms with Gasteiger partial charge in [-0.2, -0.15) is 0 Å². The third-order valence-electron chi connectivity index (χ3n) is 1.97. The number of oxazole rings is 1. The molecule has 4 heteroatoms. The van der Waals surface area contributed by atoms with Crippen LogP contribution in [0.2, 0.25) is 0 Å². The molecule has 0 aromatic carbocycles. The van der Waals surface area contributed by atoms with Crippen LogP contribution in [0, 0.1) is 12.3 Å². The number of carbonyl (C=O) groups is 1. The Morgan fingerprint density at radius 3 is 2.67 bits per heavy atom. The molecule has 1 N–H and O–H groups in total. The molecule has 0 saturated heterocycles. The number of aryl methyl sites for hydroxylation is 1. The Balaban J connectivity index is 2.31. The Bertz CT molecular complexity index is 337. The van der Waals surface area contributed by atoms with Crippen molar-refractivity contribution in [1.82, 2.24) is 10.3 Å². The van der Waals surface area contributed by atoms with Gasteiger partial charge in [-0.15, -0.1) is 0 Å². The lowest BCUT2D eigenvalue weighted by atomic mass is 9.96. The van der Waals surface area contributed by atoms with Crippen molar-refractivity contribution in [3.8, 4) is 0 Å². The molecule has 0 fully saturated rings. The highest BCUT2D eigenvalue weighted by Gasteiger charge is 2.20. The second-order valence-electron chi connectivity index (χ2n) is 4.62. The average Bonchev–Trinajstić information content (AvgIpc) is 2.49. The zero-order chi connectivity index (χ0) is 11.5. The van der Waals surface area contributed by atoms with Gasteiger partial charge in [-0.3, -0.25) is 4.79 Å². The monoisotopic (exact) mass is 210 g/mol. The summed E-state index contributed by atoms with van der Waals surface area (Å²) >= 11 is 0. The highest BCUT2D eigenvalue weighted by Crippen LogP contribution is 2.12. The molecule has 0 atom stereocenters. The molecule has 0 bridgehead atoms. The van der Waals surface area contributed by atoms with Crippen LogP contribution in [0.3, 0.4) is 0 Å². The first-order valence-corrected chi connectivity index (χ1v) is 5.09. The summed E-state index contributed by atoms with van der Waals surface area (Å²) in [6.45, 7) is 8.08. The van der Waals surface area contributed by atoms with Crippen LogP contribution in [0.1, 0.15) is 32.4 Å². The molecule has 1 rings (SSSR count). The lowest BCUT2D eigenvalue weighted by Gasteiger charge is -2.17. The van der Waals surface area contributed by atoms with Crippen molar-refractivity contribution in [2.45, 2.75) is 34.1 Å². The molecule has 0 radical (unpaired) electrons. The van der Waals surface area contributed by atoms with Gasteiger partial charge in [0.05, 0.1) is 6.20 Å². The van der Waals surface area contributed by atoms with E-state index in [4.69, 9.17) is 4.42 Å². The topological polar surface area (TPSA) is 55.1 Å². The fourth-order valence-electron chi connectivity index (χ4n) is 1.07. The fourth-order valence-corrected chi connectivity index (χ4v) is 1.07. The van der Waals surface area contributed by atoms with E-state index in [9.17, 15) is 4.79 Å². The van der Waals surface area contributed by atoms with Gasteiger partial charge in [0.25, 0.3) is 0 Å². The van der Waals surface area contributed by atoms with Crippen LogP contribution in [0.25, 0.3) is 0 Å². The molecule has 0 aliphatic rings. The number of amides is 1. The normalized spacial score (nSPS) is 11.5. The van der Waals surface area contributed by atoms with Crippen LogP contribution in [0.4, 0.5) is 0 Å². The van der Waals surface area contributed by atoms with Crippen molar-refractivity contribution in [2.75, 3.05) is 6.54 Å². The van der Waals surface area contributed by atoms with Crippen molar-refractivity contribution in [3.63, 3.8) is 0 Å². The SMILES string of the molecule is Cc1cnc(CCNC(=O)C(C)(C)C)o1. The van der Waals surface area contributed by atoms with E-state index in [1.54, 1.807) is 6.20 Å². The fraction of sp³-hybridized carbons (Fsp3) is 0.636. The van der Waals surface area contributed by atoms with Gasteiger partial charge in [-0.25, -0.2) is 4.98 Å². The van der Waals surface area contributed by atoms with Gasteiger partial charge in [0.1, 0.15) is 5.76 Å². The summed E-state index contributed by atoms with van der Waals surface area (Å²) in [6.07, 6.45) is 2.32. The van der Waals surface area contributed by atoms with Gasteiger partial charge in [0, 0.05) is 18.4 Å². The van der Waals surface area contributed by atoms with Crippen molar-refractivity contribution in [3.05, 3.63) is 17.8 Å². The molecule has 0 aliphatic carbocycles. The maximum Gasteiger partial charge on any atom is 0.225 e. The predicted octanol–water partition coefficient (Wildman–Crippen LogP) is 1.69. The molecule has 1 aromatic rings. The third kappa shape index (κ3) is 3.73. The lowest BCUT2D eigenvalue weighted by molar-refractivity contribution is -0.128. The maximum absolute atomic E-state index is 11.5. The minimum Gasteiger partial charge on any atom is -0.446 e. The quantitative estimate of drug-likeness (QED) is 0.826. The molecule has 1 aromatic heterocycles. The molecule has 15 heavy (non-hydrogen) atoms. The van der Waals surface area contributed by atoms with Crippen LogP contribution < -0.4 is 5.32 Å². The summed E-state index contributed by atoms with van der Waals surface area (Å²) in [5, 5.41) is 2.84. The van der Waals surface area contributed by atoms with Crippen molar-refractivity contribution < 1.29 is 9.21 Å². The molecule has 1 heterocycles. The first-order valence-electron chi connectivity index (χ1n) is 5.09. The Hall–Kier alpha value is -1.32. The molecular weight excluding hydrogens is 192 g/mol. The first kappa shape index (κ1) is 11.8. The highest BCUT2D eigenvalue weighted by atomic mass is 16.4. The van der Waals surface area contributed by atoms with Crippen LogP contribution >= 0.6 is 0 Å². The minimum atomic E-state index is -0.341. The molecule has 1 amide bonds. The summed E-state index contributed by atoms with van der Waals surface area (Å²) in [7, 11) is 0. The number of aromatic nitrogens is 1. The number of carbonyl (C=O) groups excluding carboxylic acids is 1. The minimum absolute atomic E-state index is 0.0470. The van der Waals surface area contributed by atoms with Crippen molar-refractivity contribution in [1.29, 1.82) is 0 Å². The maximum atomic E-state index is 11.5. The van der Waals surface area contributed by atoms with E-state index in [2.05, 4.69) is 10.3 Å². The summed E-state index contributed by atoms with van der Waals surface area (Å²) in [4.78, 5) is 15.6. The number of hydrogen-bond donors (Lipinski definition) is 1. The van der Waals surface area contributed by atoms with Gasteiger partial charge >= 0.3 is 0 Å². The number of rotatable bonds is 3. The Kier molecular flexibility index (Phi) is 3.50. The highest BCUT2D eigenvalue weighted by molar-refractivity contribution is 5.81. The van der Waals surface area contributed by atoms with Gasteiger partial charge in [0.15, 0.2) is 5.89 Å². The van der Waals surface area contributed by atoms with Crippen LogP contribution in [0.5, 0.6) is 0 Å². The second kappa shape index (κ2) is 4.47. The molecule has 4 nitrogen and oxygen atoms in total. The van der Waals surface area contributed by atoms with Crippen LogP contribution in [0.15, 0.2) is 10.6 Å². The van der Waals surface area contributed by atoms with Gasteiger partial charge < -0.3 is 9.73 Å². The molecule has 0 aliphatic heterocycles. The number of nitrogens with zero attached hydrogens (tertiary/aromatic N) is 1. The lowest BCUT2D eigenvalue weighted by Crippen LogP contribution is -2.35. The molecule has 0 spiro atoms. The molecule has 84 valence electrons. The third-order valence-corrected chi connectivity index (χ3v) is 1.97. The predicted molar refractivity (Wildman–Crippen MR) is 57.4 cm³/mol. The van der Waals surface area contributed by atoms with Crippen LogP contribution in [-0.2, 0) is 11.2 Å². The van der Waals surface area contributed by atoms with E-state index in [1.165, 1.54) is 0 Å². The Labute approximate surface area is 90.1 Å². The van der Waals surface area contributed by atoms with Gasteiger partial charge in [0.2, 0.25) is 5.91 Å². The second-order valence-corrected chi connectivity index (χ2v) is 4.62.